The van der Waals surface area contributed by atoms with E-state index in [0.29, 0.717) is 6.61 Å². The molecule has 1 N–H and O–H groups in total. The van der Waals surface area contributed by atoms with Crippen LogP contribution in [0.15, 0.2) is 22.8 Å². The van der Waals surface area contributed by atoms with Gasteiger partial charge in [0.05, 0.1) is 12.8 Å². The van der Waals surface area contributed by atoms with Crippen molar-refractivity contribution in [2.75, 3.05) is 20.2 Å². The van der Waals surface area contributed by atoms with Crippen LogP contribution >= 0.6 is 0 Å². The summed E-state index contributed by atoms with van der Waals surface area (Å²) in [5.41, 5.74) is 0. The third-order valence-corrected chi connectivity index (χ3v) is 2.20. The lowest BCUT2D eigenvalue weighted by Gasteiger charge is -2.14. The molecule has 1 aromatic heterocycles. The highest BCUT2D eigenvalue weighted by Gasteiger charge is 2.01. The molecule has 0 aliphatic rings. The number of aliphatic hydroxyl groups excluding tert-OH is 1. The summed E-state index contributed by atoms with van der Waals surface area (Å²) in [6.07, 6.45) is 4.85. The molecule has 0 aliphatic heterocycles. The molecule has 0 unspecified atom stereocenters. The largest absolute Gasteiger partial charge is 0.468 e. The van der Waals surface area contributed by atoms with Gasteiger partial charge < -0.3 is 9.52 Å². The van der Waals surface area contributed by atoms with Gasteiger partial charge >= 0.3 is 0 Å². The number of hydrogen-bond acceptors (Lipinski definition) is 3. The molecule has 0 saturated heterocycles. The molecule has 14 heavy (non-hydrogen) atoms. The van der Waals surface area contributed by atoms with Crippen molar-refractivity contribution in [1.82, 2.24) is 4.90 Å². The van der Waals surface area contributed by atoms with Crippen molar-refractivity contribution in [3.8, 4) is 0 Å². The zero-order valence-electron chi connectivity index (χ0n) is 8.78. The number of unbranched alkanes of at least 4 members (excludes halogenated alkanes) is 2. The normalized spacial score (nSPS) is 11.1. The Morgan fingerprint density at radius 1 is 1.36 bits per heavy atom. The van der Waals surface area contributed by atoms with Crippen LogP contribution in [0.25, 0.3) is 0 Å². The van der Waals surface area contributed by atoms with Crippen LogP contribution in [0.4, 0.5) is 0 Å². The molecular weight excluding hydrogens is 178 g/mol. The monoisotopic (exact) mass is 197 g/mol. The van der Waals surface area contributed by atoms with Crippen molar-refractivity contribution in [3.05, 3.63) is 24.2 Å². The molecule has 0 radical (unpaired) electrons. The summed E-state index contributed by atoms with van der Waals surface area (Å²) in [6.45, 7) is 2.23. The predicted molar refractivity (Wildman–Crippen MR) is 56.0 cm³/mol. The summed E-state index contributed by atoms with van der Waals surface area (Å²) < 4.78 is 5.25. The zero-order valence-corrected chi connectivity index (χ0v) is 8.78. The van der Waals surface area contributed by atoms with Crippen LogP contribution in [0.1, 0.15) is 25.0 Å². The van der Waals surface area contributed by atoms with E-state index in [1.165, 1.54) is 0 Å². The Labute approximate surface area is 85.3 Å². The van der Waals surface area contributed by atoms with E-state index in [1.54, 1.807) is 6.26 Å². The lowest BCUT2D eigenvalue weighted by atomic mass is 10.2. The van der Waals surface area contributed by atoms with Crippen LogP contribution in [-0.2, 0) is 6.54 Å². The SMILES string of the molecule is CN(CCCCCO)Cc1ccco1. The molecule has 0 bridgehead atoms. The number of furan rings is 1. The fraction of sp³-hybridized carbons (Fsp3) is 0.636. The Hall–Kier alpha value is -0.800. The van der Waals surface area contributed by atoms with E-state index in [1.807, 2.05) is 12.1 Å². The van der Waals surface area contributed by atoms with Gasteiger partial charge in [0.25, 0.3) is 0 Å². The predicted octanol–water partition coefficient (Wildman–Crippen LogP) is 1.87. The fourth-order valence-corrected chi connectivity index (χ4v) is 1.42. The standard InChI is InChI=1S/C11H19NO2/c1-12(7-3-2-4-8-13)10-11-6-5-9-14-11/h5-6,9,13H,2-4,7-8,10H2,1H3. The molecule has 0 saturated carbocycles. The second-order valence-corrected chi connectivity index (χ2v) is 3.60. The maximum Gasteiger partial charge on any atom is 0.117 e. The Balaban J connectivity index is 2.07. The van der Waals surface area contributed by atoms with Gasteiger partial charge in [0.2, 0.25) is 0 Å². The second kappa shape index (κ2) is 6.62. The number of hydrogen-bond donors (Lipinski definition) is 1. The Bertz CT molecular complexity index is 221. The number of aliphatic hydroxyl groups is 1. The first-order valence-electron chi connectivity index (χ1n) is 5.14. The van der Waals surface area contributed by atoms with Gasteiger partial charge in [0, 0.05) is 6.61 Å². The van der Waals surface area contributed by atoms with Gasteiger partial charge in [-0.2, -0.15) is 0 Å². The van der Waals surface area contributed by atoms with E-state index in [2.05, 4.69) is 11.9 Å². The van der Waals surface area contributed by atoms with Crippen molar-refractivity contribution in [2.24, 2.45) is 0 Å². The molecule has 1 heterocycles. The first-order chi connectivity index (χ1) is 6.83. The Morgan fingerprint density at radius 3 is 2.86 bits per heavy atom. The first-order valence-corrected chi connectivity index (χ1v) is 5.14. The fourth-order valence-electron chi connectivity index (χ4n) is 1.42. The van der Waals surface area contributed by atoms with Crippen molar-refractivity contribution >= 4 is 0 Å². The first kappa shape index (κ1) is 11.3. The van der Waals surface area contributed by atoms with Crippen molar-refractivity contribution < 1.29 is 9.52 Å². The lowest BCUT2D eigenvalue weighted by Crippen LogP contribution is -2.18. The molecule has 3 nitrogen and oxygen atoms in total. The average Bonchev–Trinajstić information content (AvgIpc) is 2.65. The molecule has 0 amide bonds. The van der Waals surface area contributed by atoms with E-state index in [0.717, 1.165) is 38.1 Å². The molecule has 0 aliphatic carbocycles. The molecule has 0 atom stereocenters. The van der Waals surface area contributed by atoms with Gasteiger partial charge in [-0.1, -0.05) is 0 Å². The maximum atomic E-state index is 8.61. The highest BCUT2D eigenvalue weighted by molar-refractivity contribution is 4.97. The van der Waals surface area contributed by atoms with E-state index >= 15 is 0 Å². The van der Waals surface area contributed by atoms with Gasteiger partial charge in [0.15, 0.2) is 0 Å². The molecule has 0 spiro atoms. The molecule has 1 aromatic rings. The minimum atomic E-state index is 0.307. The van der Waals surface area contributed by atoms with Crippen LogP contribution in [0.3, 0.4) is 0 Å². The number of nitrogens with zero attached hydrogens (tertiary/aromatic N) is 1. The minimum absolute atomic E-state index is 0.307. The maximum absolute atomic E-state index is 8.61. The molecule has 80 valence electrons. The third kappa shape index (κ3) is 4.44. The van der Waals surface area contributed by atoms with E-state index < -0.39 is 0 Å². The topological polar surface area (TPSA) is 36.6 Å². The second-order valence-electron chi connectivity index (χ2n) is 3.60. The Morgan fingerprint density at radius 2 is 2.21 bits per heavy atom. The summed E-state index contributed by atoms with van der Waals surface area (Å²) in [5.74, 6) is 1.01. The van der Waals surface area contributed by atoms with Crippen molar-refractivity contribution in [3.63, 3.8) is 0 Å². The van der Waals surface area contributed by atoms with Crippen LogP contribution in [-0.4, -0.2) is 30.2 Å². The third-order valence-electron chi connectivity index (χ3n) is 2.20. The highest BCUT2D eigenvalue weighted by Crippen LogP contribution is 2.05. The van der Waals surface area contributed by atoms with Crippen LogP contribution in [0.5, 0.6) is 0 Å². The quantitative estimate of drug-likeness (QED) is 0.678. The summed E-state index contributed by atoms with van der Waals surface area (Å²) in [5, 5.41) is 8.61. The van der Waals surface area contributed by atoms with Crippen LogP contribution in [0, 0.1) is 0 Å². The summed E-state index contributed by atoms with van der Waals surface area (Å²) in [6, 6.07) is 3.90. The molecule has 1 rings (SSSR count). The van der Waals surface area contributed by atoms with Gasteiger partial charge in [-0.15, -0.1) is 0 Å². The van der Waals surface area contributed by atoms with E-state index in [4.69, 9.17) is 9.52 Å². The van der Waals surface area contributed by atoms with Crippen molar-refractivity contribution in [2.45, 2.75) is 25.8 Å². The van der Waals surface area contributed by atoms with Crippen molar-refractivity contribution in [1.29, 1.82) is 0 Å². The highest BCUT2D eigenvalue weighted by atomic mass is 16.3. The average molecular weight is 197 g/mol. The summed E-state index contributed by atoms with van der Waals surface area (Å²) in [7, 11) is 2.08. The van der Waals surface area contributed by atoms with Crippen LogP contribution in [0.2, 0.25) is 0 Å². The van der Waals surface area contributed by atoms with E-state index in [-0.39, 0.29) is 0 Å². The minimum Gasteiger partial charge on any atom is -0.468 e. The van der Waals surface area contributed by atoms with Gasteiger partial charge in [-0.25, -0.2) is 0 Å². The van der Waals surface area contributed by atoms with Gasteiger partial charge in [0.1, 0.15) is 5.76 Å². The van der Waals surface area contributed by atoms with Gasteiger partial charge in [-0.3, -0.25) is 4.90 Å². The Kier molecular flexibility index (Phi) is 5.33. The van der Waals surface area contributed by atoms with Crippen LogP contribution < -0.4 is 0 Å². The molecule has 0 aromatic carbocycles. The van der Waals surface area contributed by atoms with Gasteiger partial charge in [-0.05, 0) is 45.0 Å². The molecular formula is C11H19NO2. The van der Waals surface area contributed by atoms with E-state index in [9.17, 15) is 0 Å². The molecule has 3 heteroatoms. The lowest BCUT2D eigenvalue weighted by molar-refractivity contribution is 0.264. The smallest absolute Gasteiger partial charge is 0.117 e. The summed E-state index contributed by atoms with van der Waals surface area (Å²) >= 11 is 0. The zero-order chi connectivity index (χ0) is 10.2. The number of rotatable bonds is 7. The molecule has 0 fully saturated rings. The summed E-state index contributed by atoms with van der Waals surface area (Å²) in [4.78, 5) is 2.23.